The van der Waals surface area contributed by atoms with Crippen molar-refractivity contribution in [1.29, 1.82) is 0 Å². The molecule has 0 radical (unpaired) electrons. The molecule has 0 spiro atoms. The first kappa shape index (κ1) is 20.7. The van der Waals surface area contributed by atoms with Crippen LogP contribution in [0.1, 0.15) is 32.8 Å². The number of esters is 1. The highest BCUT2D eigenvalue weighted by molar-refractivity contribution is 5.82. The van der Waals surface area contributed by atoms with Crippen LogP contribution in [0.25, 0.3) is 0 Å². The summed E-state index contributed by atoms with van der Waals surface area (Å²) in [6.45, 7) is 6.11. The fraction of sp³-hybridized carbons (Fsp3) is 0.550. The minimum Gasteiger partial charge on any atom is -0.469 e. The molecule has 1 aromatic carbocycles. The normalized spacial score (nSPS) is 19.9. The first-order valence-corrected chi connectivity index (χ1v) is 9.07. The molecule has 1 fully saturated rings. The number of carbonyl (C=O) groups is 3. The van der Waals surface area contributed by atoms with Crippen LogP contribution in [0.5, 0.6) is 0 Å². The van der Waals surface area contributed by atoms with Crippen molar-refractivity contribution in [2.45, 2.75) is 39.3 Å². The monoisotopic (exact) mass is 376 g/mol. The van der Waals surface area contributed by atoms with Crippen molar-refractivity contribution in [2.75, 3.05) is 20.2 Å². The summed E-state index contributed by atoms with van der Waals surface area (Å²) in [4.78, 5) is 38.5. The second kappa shape index (κ2) is 8.88. The molecule has 0 unspecified atom stereocenters. The molecule has 1 aliphatic rings. The SMILES string of the molecule is COC(=O)[C@H]1C[C@@H](C(=O)NCc2ccccc2)CN(C(=O)OC(C)(C)C)C1. The van der Waals surface area contributed by atoms with Gasteiger partial charge in [-0.3, -0.25) is 9.59 Å². The maximum Gasteiger partial charge on any atom is 0.410 e. The number of hydrogen-bond donors (Lipinski definition) is 1. The lowest BCUT2D eigenvalue weighted by Crippen LogP contribution is -2.51. The van der Waals surface area contributed by atoms with Gasteiger partial charge in [-0.05, 0) is 32.8 Å². The molecule has 1 aliphatic heterocycles. The molecular weight excluding hydrogens is 348 g/mol. The molecule has 0 saturated carbocycles. The van der Waals surface area contributed by atoms with E-state index in [1.54, 1.807) is 20.8 Å². The van der Waals surface area contributed by atoms with Crippen molar-refractivity contribution < 1.29 is 23.9 Å². The van der Waals surface area contributed by atoms with Crippen LogP contribution >= 0.6 is 0 Å². The molecule has 0 aliphatic carbocycles. The number of piperidine rings is 1. The molecule has 2 rings (SSSR count). The van der Waals surface area contributed by atoms with E-state index in [1.165, 1.54) is 12.0 Å². The highest BCUT2D eigenvalue weighted by Crippen LogP contribution is 2.25. The molecule has 1 N–H and O–H groups in total. The number of amides is 2. The highest BCUT2D eigenvalue weighted by atomic mass is 16.6. The zero-order valence-electron chi connectivity index (χ0n) is 16.4. The summed E-state index contributed by atoms with van der Waals surface area (Å²) < 4.78 is 10.2. The van der Waals surface area contributed by atoms with Gasteiger partial charge in [0.25, 0.3) is 0 Å². The van der Waals surface area contributed by atoms with Crippen molar-refractivity contribution in [1.82, 2.24) is 10.2 Å². The van der Waals surface area contributed by atoms with E-state index < -0.39 is 29.5 Å². The van der Waals surface area contributed by atoms with Gasteiger partial charge in [0.05, 0.1) is 18.9 Å². The van der Waals surface area contributed by atoms with Gasteiger partial charge in [-0.25, -0.2) is 4.79 Å². The van der Waals surface area contributed by atoms with Crippen LogP contribution in [0.2, 0.25) is 0 Å². The minimum atomic E-state index is -0.652. The van der Waals surface area contributed by atoms with E-state index >= 15 is 0 Å². The van der Waals surface area contributed by atoms with E-state index in [1.807, 2.05) is 30.3 Å². The predicted molar refractivity (Wildman–Crippen MR) is 99.7 cm³/mol. The van der Waals surface area contributed by atoms with E-state index in [9.17, 15) is 14.4 Å². The van der Waals surface area contributed by atoms with Crippen molar-refractivity contribution in [2.24, 2.45) is 11.8 Å². The molecule has 1 heterocycles. The number of nitrogens with zero attached hydrogens (tertiary/aromatic N) is 1. The Hall–Kier alpha value is -2.57. The fourth-order valence-corrected chi connectivity index (χ4v) is 3.03. The Kier molecular flexibility index (Phi) is 6.82. The maximum absolute atomic E-state index is 12.6. The number of rotatable bonds is 4. The third-order valence-corrected chi connectivity index (χ3v) is 4.32. The average Bonchev–Trinajstić information content (AvgIpc) is 2.64. The summed E-state index contributed by atoms with van der Waals surface area (Å²) in [5.41, 5.74) is 0.329. The largest absolute Gasteiger partial charge is 0.469 e. The molecule has 27 heavy (non-hydrogen) atoms. The highest BCUT2D eigenvalue weighted by Gasteiger charge is 2.38. The van der Waals surface area contributed by atoms with Gasteiger partial charge < -0.3 is 19.7 Å². The van der Waals surface area contributed by atoms with Crippen LogP contribution in [0, 0.1) is 11.8 Å². The van der Waals surface area contributed by atoms with E-state index in [0.717, 1.165) is 5.56 Å². The summed E-state index contributed by atoms with van der Waals surface area (Å²) in [5.74, 6) is -1.67. The molecule has 1 aromatic rings. The Morgan fingerprint density at radius 3 is 2.33 bits per heavy atom. The lowest BCUT2D eigenvalue weighted by Gasteiger charge is -2.36. The molecule has 2 amide bonds. The summed E-state index contributed by atoms with van der Waals surface area (Å²) in [6.07, 6.45) is -0.191. The van der Waals surface area contributed by atoms with Gasteiger partial charge in [0.15, 0.2) is 0 Å². The third kappa shape index (κ3) is 6.27. The smallest absolute Gasteiger partial charge is 0.410 e. The molecule has 148 valence electrons. The number of carbonyl (C=O) groups excluding carboxylic acids is 3. The van der Waals surface area contributed by atoms with Crippen LogP contribution in [-0.2, 0) is 25.6 Å². The van der Waals surface area contributed by atoms with E-state index in [0.29, 0.717) is 13.0 Å². The predicted octanol–water partition coefficient (Wildman–Crippen LogP) is 2.35. The third-order valence-electron chi connectivity index (χ3n) is 4.32. The first-order chi connectivity index (χ1) is 12.7. The molecule has 2 atom stereocenters. The van der Waals surface area contributed by atoms with Crippen LogP contribution in [-0.4, -0.2) is 48.7 Å². The molecule has 7 nitrogen and oxygen atoms in total. The summed E-state index contributed by atoms with van der Waals surface area (Å²) >= 11 is 0. The lowest BCUT2D eigenvalue weighted by atomic mass is 9.88. The van der Waals surface area contributed by atoms with Crippen molar-refractivity contribution in [3.05, 3.63) is 35.9 Å². The number of likely N-dealkylation sites (tertiary alicyclic amines) is 1. The van der Waals surface area contributed by atoms with Gasteiger partial charge in [0.2, 0.25) is 5.91 Å². The first-order valence-electron chi connectivity index (χ1n) is 9.07. The summed E-state index contributed by atoms with van der Waals surface area (Å²) in [6, 6.07) is 9.56. The number of benzene rings is 1. The Labute approximate surface area is 160 Å². The molecular formula is C20H28N2O5. The lowest BCUT2D eigenvalue weighted by molar-refractivity contribution is -0.148. The Morgan fingerprint density at radius 1 is 1.11 bits per heavy atom. The second-order valence-electron chi connectivity index (χ2n) is 7.74. The number of hydrogen-bond acceptors (Lipinski definition) is 5. The van der Waals surface area contributed by atoms with Crippen LogP contribution in [0.3, 0.4) is 0 Å². The molecule has 0 aromatic heterocycles. The Morgan fingerprint density at radius 2 is 1.74 bits per heavy atom. The van der Waals surface area contributed by atoms with Crippen LogP contribution in [0.15, 0.2) is 30.3 Å². The Balaban J connectivity index is 2.05. The second-order valence-corrected chi connectivity index (χ2v) is 7.74. The number of nitrogens with one attached hydrogen (secondary N) is 1. The summed E-state index contributed by atoms with van der Waals surface area (Å²) in [7, 11) is 1.30. The standard InChI is InChI=1S/C20H28N2O5/c1-20(2,3)27-19(25)22-12-15(10-16(13-22)18(24)26-4)17(23)21-11-14-8-6-5-7-9-14/h5-9,15-16H,10-13H2,1-4H3,(H,21,23)/t15-,16+/m1/s1. The summed E-state index contributed by atoms with van der Waals surface area (Å²) in [5, 5.41) is 2.88. The van der Waals surface area contributed by atoms with E-state index in [2.05, 4.69) is 5.32 Å². The van der Waals surface area contributed by atoms with Crippen molar-refractivity contribution in [3.8, 4) is 0 Å². The van der Waals surface area contributed by atoms with Gasteiger partial charge in [-0.1, -0.05) is 30.3 Å². The quantitative estimate of drug-likeness (QED) is 0.816. The van der Waals surface area contributed by atoms with E-state index in [-0.39, 0.29) is 19.0 Å². The zero-order valence-corrected chi connectivity index (χ0v) is 16.4. The van der Waals surface area contributed by atoms with Crippen molar-refractivity contribution >= 4 is 18.0 Å². The fourth-order valence-electron chi connectivity index (χ4n) is 3.03. The average molecular weight is 376 g/mol. The van der Waals surface area contributed by atoms with Gasteiger partial charge in [0, 0.05) is 19.6 Å². The van der Waals surface area contributed by atoms with Gasteiger partial charge in [0.1, 0.15) is 5.60 Å². The Bertz CT molecular complexity index is 669. The zero-order chi connectivity index (χ0) is 20.0. The van der Waals surface area contributed by atoms with Gasteiger partial charge >= 0.3 is 12.1 Å². The van der Waals surface area contributed by atoms with Crippen LogP contribution in [0.4, 0.5) is 4.79 Å². The molecule has 7 heteroatoms. The van der Waals surface area contributed by atoms with Gasteiger partial charge in [-0.15, -0.1) is 0 Å². The molecule has 1 saturated heterocycles. The molecule has 0 bridgehead atoms. The van der Waals surface area contributed by atoms with Gasteiger partial charge in [-0.2, -0.15) is 0 Å². The van der Waals surface area contributed by atoms with Crippen LogP contribution < -0.4 is 5.32 Å². The van der Waals surface area contributed by atoms with E-state index in [4.69, 9.17) is 9.47 Å². The number of ether oxygens (including phenoxy) is 2. The topological polar surface area (TPSA) is 84.9 Å². The minimum absolute atomic E-state index is 0.185. The van der Waals surface area contributed by atoms with Crippen molar-refractivity contribution in [3.63, 3.8) is 0 Å². The maximum atomic E-state index is 12.6. The number of methoxy groups -OCH3 is 1.